The molecule has 0 aliphatic rings. The maximum Gasteiger partial charge on any atom is 0.420 e. The minimum absolute atomic E-state index is 0.188. The average molecular weight is 334 g/mol. The van der Waals surface area contributed by atoms with Crippen LogP contribution in [0.1, 0.15) is 11.1 Å². The minimum Gasteiger partial charge on any atom is -0.382 e. The molecule has 2 aromatic carbocycles. The van der Waals surface area contributed by atoms with Crippen LogP contribution >= 0.6 is 0 Å². The van der Waals surface area contributed by atoms with Crippen molar-refractivity contribution in [3.63, 3.8) is 0 Å². The van der Waals surface area contributed by atoms with Crippen LogP contribution in [0.2, 0.25) is 0 Å². The lowest BCUT2D eigenvalue weighted by Crippen LogP contribution is -2.16. The largest absolute Gasteiger partial charge is 0.420 e. The van der Waals surface area contributed by atoms with Gasteiger partial charge in [0.25, 0.3) is 0 Å². The zero-order valence-electron chi connectivity index (χ0n) is 11.0. The Labute approximate surface area is 124 Å². The van der Waals surface area contributed by atoms with Gasteiger partial charge in [-0.3, -0.25) is 0 Å². The van der Waals surface area contributed by atoms with Gasteiger partial charge in [0.15, 0.2) is 5.75 Å². The molecule has 0 saturated heterocycles. The first kappa shape index (κ1) is 16.3. The molecule has 0 aliphatic heterocycles. The normalized spacial score (nSPS) is 12.2. The van der Waals surface area contributed by atoms with Gasteiger partial charge in [0.2, 0.25) is 0 Å². The molecule has 118 valence electrons. The van der Waals surface area contributed by atoms with E-state index in [-0.39, 0.29) is 5.56 Å². The third-order valence-corrected chi connectivity index (χ3v) is 3.80. The van der Waals surface area contributed by atoms with E-state index in [0.29, 0.717) is 6.07 Å². The minimum atomic E-state index is -4.76. The molecule has 0 unspecified atom stereocenters. The van der Waals surface area contributed by atoms with E-state index in [4.69, 9.17) is 0 Å². The maximum absolute atomic E-state index is 13.4. The summed E-state index contributed by atoms with van der Waals surface area (Å²) in [5.74, 6) is -2.49. The van der Waals surface area contributed by atoms with E-state index in [1.165, 1.54) is 24.3 Å². The molecule has 22 heavy (non-hydrogen) atoms. The lowest BCUT2D eigenvalue weighted by atomic mass is 10.2. The van der Waals surface area contributed by atoms with Crippen LogP contribution < -0.4 is 4.18 Å². The summed E-state index contributed by atoms with van der Waals surface area (Å²) in [4.78, 5) is 0. The number of rotatable bonds is 4. The van der Waals surface area contributed by atoms with Gasteiger partial charge in [0.05, 0.1) is 5.56 Å². The number of para-hydroxylation sites is 1. The summed E-state index contributed by atoms with van der Waals surface area (Å²) >= 11 is 0. The first-order valence-corrected chi connectivity index (χ1v) is 7.58. The first-order valence-electron chi connectivity index (χ1n) is 6.01. The second-order valence-corrected chi connectivity index (χ2v) is 5.94. The third-order valence-electron chi connectivity index (χ3n) is 2.70. The fourth-order valence-electron chi connectivity index (χ4n) is 1.75. The van der Waals surface area contributed by atoms with Crippen LogP contribution in [-0.4, -0.2) is 8.42 Å². The number of alkyl halides is 3. The zero-order valence-corrected chi connectivity index (χ0v) is 11.8. The van der Waals surface area contributed by atoms with Crippen molar-refractivity contribution in [3.8, 4) is 5.75 Å². The fraction of sp³-hybridized carbons (Fsp3) is 0.143. The molecule has 3 nitrogen and oxygen atoms in total. The van der Waals surface area contributed by atoms with Crippen LogP contribution in [0, 0.1) is 5.82 Å². The highest BCUT2D eigenvalue weighted by Crippen LogP contribution is 2.36. The van der Waals surface area contributed by atoms with Gasteiger partial charge in [-0.15, -0.1) is 0 Å². The second kappa shape index (κ2) is 5.96. The molecule has 0 saturated carbocycles. The molecule has 0 fully saturated rings. The Balaban J connectivity index is 2.29. The molecule has 0 radical (unpaired) electrons. The molecule has 0 spiro atoms. The van der Waals surface area contributed by atoms with Crippen molar-refractivity contribution in [2.45, 2.75) is 11.9 Å². The third kappa shape index (κ3) is 3.97. The summed E-state index contributed by atoms with van der Waals surface area (Å²) in [5.41, 5.74) is -1.40. The molecular weight excluding hydrogens is 324 g/mol. The smallest absolute Gasteiger partial charge is 0.382 e. The zero-order chi connectivity index (χ0) is 16.4. The predicted octanol–water partition coefficient (Wildman–Crippen LogP) is 3.75. The molecule has 0 N–H and O–H groups in total. The summed E-state index contributed by atoms with van der Waals surface area (Å²) < 4.78 is 80.0. The lowest BCUT2D eigenvalue weighted by Gasteiger charge is -2.13. The second-order valence-electron chi connectivity index (χ2n) is 4.37. The van der Waals surface area contributed by atoms with Crippen molar-refractivity contribution in [3.05, 3.63) is 65.5 Å². The van der Waals surface area contributed by atoms with Crippen molar-refractivity contribution in [2.75, 3.05) is 0 Å². The van der Waals surface area contributed by atoms with Gasteiger partial charge in [-0.1, -0.05) is 30.3 Å². The molecule has 8 heteroatoms. The fourth-order valence-corrected chi connectivity index (χ4v) is 2.84. The first-order chi connectivity index (χ1) is 10.2. The van der Waals surface area contributed by atoms with E-state index in [2.05, 4.69) is 4.18 Å². The molecule has 0 aromatic heterocycles. The van der Waals surface area contributed by atoms with Gasteiger partial charge in [0, 0.05) is 5.56 Å². The Morgan fingerprint density at radius 3 is 2.18 bits per heavy atom. The Kier molecular flexibility index (Phi) is 4.41. The van der Waals surface area contributed by atoms with Crippen LogP contribution in [0.4, 0.5) is 17.6 Å². The van der Waals surface area contributed by atoms with Crippen molar-refractivity contribution in [2.24, 2.45) is 0 Å². The summed E-state index contributed by atoms with van der Waals surface area (Å²) in [5, 5.41) is 0. The summed E-state index contributed by atoms with van der Waals surface area (Å²) in [6, 6.07) is 8.96. The quantitative estimate of drug-likeness (QED) is 0.632. The van der Waals surface area contributed by atoms with Gasteiger partial charge in [0.1, 0.15) is 11.6 Å². The predicted molar refractivity (Wildman–Crippen MR) is 71.1 cm³/mol. The molecule has 0 bridgehead atoms. The Morgan fingerprint density at radius 1 is 0.955 bits per heavy atom. The van der Waals surface area contributed by atoms with Crippen LogP contribution in [0.5, 0.6) is 5.75 Å². The van der Waals surface area contributed by atoms with Crippen LogP contribution in [-0.2, 0) is 22.0 Å². The van der Waals surface area contributed by atoms with E-state index in [1.807, 2.05) is 0 Å². The standard InChI is InChI=1S/C14H10F4O3S/c15-12-7-3-1-5-10(12)9-22(19,20)21-13-8-4-2-6-11(13)14(16,17)18/h1-8H,9H2. The van der Waals surface area contributed by atoms with Crippen molar-refractivity contribution >= 4 is 10.1 Å². The van der Waals surface area contributed by atoms with E-state index >= 15 is 0 Å². The lowest BCUT2D eigenvalue weighted by molar-refractivity contribution is -0.138. The maximum atomic E-state index is 13.4. The Hall–Kier alpha value is -2.09. The van der Waals surface area contributed by atoms with Gasteiger partial charge in [-0.25, -0.2) is 4.39 Å². The highest BCUT2D eigenvalue weighted by molar-refractivity contribution is 7.86. The van der Waals surface area contributed by atoms with Crippen molar-refractivity contribution in [1.82, 2.24) is 0 Å². The molecule has 2 rings (SSSR count). The molecule has 2 aromatic rings. The molecular formula is C14H10F4O3S. The van der Waals surface area contributed by atoms with E-state index in [1.54, 1.807) is 0 Å². The summed E-state index contributed by atoms with van der Waals surface area (Å²) in [7, 11) is -4.43. The van der Waals surface area contributed by atoms with Gasteiger partial charge < -0.3 is 4.18 Å². The Morgan fingerprint density at radius 2 is 1.55 bits per heavy atom. The summed E-state index contributed by atoms with van der Waals surface area (Å²) in [6.07, 6.45) is -4.76. The SMILES string of the molecule is O=S(=O)(Cc1ccccc1F)Oc1ccccc1C(F)(F)F. The molecule has 0 atom stereocenters. The molecule has 0 aliphatic carbocycles. The number of hydrogen-bond acceptors (Lipinski definition) is 3. The van der Waals surface area contributed by atoms with Gasteiger partial charge in [-0.05, 0) is 18.2 Å². The highest BCUT2D eigenvalue weighted by atomic mass is 32.2. The van der Waals surface area contributed by atoms with Crippen LogP contribution in [0.3, 0.4) is 0 Å². The van der Waals surface area contributed by atoms with Gasteiger partial charge in [-0.2, -0.15) is 21.6 Å². The topological polar surface area (TPSA) is 43.4 Å². The molecule has 0 amide bonds. The van der Waals surface area contributed by atoms with Crippen molar-refractivity contribution < 1.29 is 30.2 Å². The van der Waals surface area contributed by atoms with E-state index in [0.717, 1.165) is 18.2 Å². The number of hydrogen-bond donors (Lipinski definition) is 0. The summed E-state index contributed by atoms with van der Waals surface area (Å²) in [6.45, 7) is 0. The van der Waals surface area contributed by atoms with Crippen LogP contribution in [0.25, 0.3) is 0 Å². The highest BCUT2D eigenvalue weighted by Gasteiger charge is 2.35. The molecule has 0 heterocycles. The number of halogens is 4. The van der Waals surface area contributed by atoms with Gasteiger partial charge >= 0.3 is 16.3 Å². The van der Waals surface area contributed by atoms with E-state index in [9.17, 15) is 26.0 Å². The number of benzene rings is 2. The Bertz CT molecular complexity index is 770. The monoisotopic (exact) mass is 334 g/mol. The average Bonchev–Trinajstić information content (AvgIpc) is 2.40. The van der Waals surface area contributed by atoms with Crippen molar-refractivity contribution in [1.29, 1.82) is 0 Å². The van der Waals surface area contributed by atoms with E-state index < -0.39 is 39.2 Å². The van der Waals surface area contributed by atoms with Crippen LogP contribution in [0.15, 0.2) is 48.5 Å².